The number of carbonyl (C=O) groups excluding carboxylic acids is 3. The van der Waals surface area contributed by atoms with Crippen LogP contribution < -0.4 is 0 Å². The lowest BCUT2D eigenvalue weighted by atomic mass is 9.97. The fourth-order valence-electron chi connectivity index (χ4n) is 4.73. The molecule has 0 amide bonds. The highest BCUT2D eigenvalue weighted by molar-refractivity contribution is 5.84. The number of ether oxygens (including phenoxy) is 4. The van der Waals surface area contributed by atoms with E-state index in [-0.39, 0.29) is 48.2 Å². The molecule has 1 saturated heterocycles. The van der Waals surface area contributed by atoms with Gasteiger partial charge in [-0.1, -0.05) is 39.5 Å². The van der Waals surface area contributed by atoms with Gasteiger partial charge in [0, 0.05) is 24.7 Å². The van der Waals surface area contributed by atoms with Crippen molar-refractivity contribution in [3.05, 3.63) is 24.3 Å². The number of cyclic esters (lactones) is 2. The Labute approximate surface area is 229 Å². The number of unbranched alkanes of at least 4 members (excludes halogenated alkanes) is 4. The predicted molar refractivity (Wildman–Crippen MR) is 147 cm³/mol. The summed E-state index contributed by atoms with van der Waals surface area (Å²) in [5.41, 5.74) is 0. The number of hydrogen-bond donors (Lipinski definition) is 0. The molecule has 6 atom stereocenters. The number of esters is 2. The van der Waals surface area contributed by atoms with E-state index < -0.39 is 0 Å². The van der Waals surface area contributed by atoms with Crippen LogP contribution in [-0.2, 0) is 33.3 Å². The monoisotopic (exact) mass is 534 g/mol. The van der Waals surface area contributed by atoms with Crippen LogP contribution in [0.1, 0.15) is 111 Å². The lowest BCUT2D eigenvalue weighted by molar-refractivity contribution is -0.193. The van der Waals surface area contributed by atoms with E-state index in [4.69, 9.17) is 18.9 Å². The van der Waals surface area contributed by atoms with Gasteiger partial charge >= 0.3 is 11.9 Å². The summed E-state index contributed by atoms with van der Waals surface area (Å²) >= 11 is 0. The highest BCUT2D eigenvalue weighted by atomic mass is 16.7. The molecule has 0 radical (unpaired) electrons. The SMILES string of the molecule is CC(=O)C(C)CCCCCC1C=CC(=O)O1.CC(CCCCCC1C=CC(=O)O1)C(C)OC1CCCCO1. The molecular formula is C31H50O7. The van der Waals surface area contributed by atoms with Crippen LogP contribution in [0.3, 0.4) is 0 Å². The first-order valence-electron chi connectivity index (χ1n) is 14.8. The Morgan fingerprint density at radius 2 is 1.45 bits per heavy atom. The molecule has 0 aromatic heterocycles. The first-order valence-corrected chi connectivity index (χ1v) is 14.8. The van der Waals surface area contributed by atoms with E-state index in [2.05, 4.69) is 13.8 Å². The normalized spacial score (nSPS) is 24.8. The Morgan fingerprint density at radius 1 is 0.868 bits per heavy atom. The zero-order valence-electron chi connectivity index (χ0n) is 24.0. The van der Waals surface area contributed by atoms with Crippen LogP contribution in [0.5, 0.6) is 0 Å². The third-order valence-electron chi connectivity index (χ3n) is 7.70. The molecule has 3 rings (SSSR count). The fraction of sp³-hybridized carbons (Fsp3) is 0.774. The van der Waals surface area contributed by atoms with Crippen molar-refractivity contribution in [3.63, 3.8) is 0 Å². The van der Waals surface area contributed by atoms with Gasteiger partial charge in [0.15, 0.2) is 6.29 Å². The predicted octanol–water partition coefficient (Wildman–Crippen LogP) is 6.63. The minimum atomic E-state index is -0.227. The third-order valence-corrected chi connectivity index (χ3v) is 7.70. The molecule has 0 aliphatic carbocycles. The van der Waals surface area contributed by atoms with Gasteiger partial charge < -0.3 is 18.9 Å². The first-order chi connectivity index (χ1) is 18.2. The maximum absolute atomic E-state index is 11.0. The Balaban J connectivity index is 0.000000281. The second kappa shape index (κ2) is 18.3. The van der Waals surface area contributed by atoms with Gasteiger partial charge in [-0.3, -0.25) is 4.79 Å². The van der Waals surface area contributed by atoms with E-state index in [9.17, 15) is 14.4 Å². The van der Waals surface area contributed by atoms with E-state index in [1.165, 1.54) is 37.8 Å². The van der Waals surface area contributed by atoms with Crippen molar-refractivity contribution in [1.82, 2.24) is 0 Å². The lowest BCUT2D eigenvalue weighted by Gasteiger charge is -2.29. The Morgan fingerprint density at radius 3 is 1.92 bits per heavy atom. The molecule has 0 aromatic carbocycles. The van der Waals surface area contributed by atoms with E-state index >= 15 is 0 Å². The van der Waals surface area contributed by atoms with E-state index in [1.807, 2.05) is 19.1 Å². The summed E-state index contributed by atoms with van der Waals surface area (Å²) in [4.78, 5) is 32.7. The van der Waals surface area contributed by atoms with Crippen LogP contribution in [0.15, 0.2) is 24.3 Å². The van der Waals surface area contributed by atoms with Crippen molar-refractivity contribution >= 4 is 17.7 Å². The van der Waals surface area contributed by atoms with Crippen molar-refractivity contribution in [2.45, 2.75) is 136 Å². The largest absolute Gasteiger partial charge is 0.455 e. The highest BCUT2D eigenvalue weighted by Crippen LogP contribution is 2.22. The molecule has 0 N–H and O–H groups in total. The smallest absolute Gasteiger partial charge is 0.331 e. The van der Waals surface area contributed by atoms with Crippen molar-refractivity contribution in [3.8, 4) is 0 Å². The zero-order chi connectivity index (χ0) is 27.8. The van der Waals surface area contributed by atoms with Crippen LogP contribution in [0, 0.1) is 11.8 Å². The zero-order valence-corrected chi connectivity index (χ0v) is 24.0. The minimum absolute atomic E-state index is 0.00930. The topological polar surface area (TPSA) is 88.1 Å². The van der Waals surface area contributed by atoms with Gasteiger partial charge in [0.25, 0.3) is 0 Å². The van der Waals surface area contributed by atoms with Crippen LogP contribution in [0.25, 0.3) is 0 Å². The summed E-state index contributed by atoms with van der Waals surface area (Å²) in [6.07, 6.45) is 21.1. The number of hydrogen-bond acceptors (Lipinski definition) is 7. The average molecular weight is 535 g/mol. The maximum Gasteiger partial charge on any atom is 0.331 e. The summed E-state index contributed by atoms with van der Waals surface area (Å²) in [6, 6.07) is 0. The van der Waals surface area contributed by atoms with Gasteiger partial charge in [0.2, 0.25) is 0 Å². The molecule has 0 saturated carbocycles. The standard InChI is InChI=1S/C18H30O4.C13H20O3/c1-14(15(2)21-18-10-6-7-13-20-18)8-4-3-5-9-16-11-12-17(19)22-16;1-10(11(2)14)6-4-3-5-7-12-8-9-13(15)16-12/h11-12,14-16,18H,3-10,13H2,1-2H3;8-10,12H,3-7H2,1-2H3. The highest BCUT2D eigenvalue weighted by Gasteiger charge is 2.21. The number of carbonyl (C=O) groups is 3. The second-order valence-electron chi connectivity index (χ2n) is 11.1. The van der Waals surface area contributed by atoms with E-state index in [0.29, 0.717) is 5.92 Å². The molecule has 1 fully saturated rings. The third kappa shape index (κ3) is 13.7. The summed E-state index contributed by atoms with van der Waals surface area (Å²) in [6.45, 7) is 8.88. The van der Waals surface area contributed by atoms with Gasteiger partial charge in [-0.25, -0.2) is 9.59 Å². The molecule has 38 heavy (non-hydrogen) atoms. The van der Waals surface area contributed by atoms with Gasteiger partial charge in [-0.2, -0.15) is 0 Å². The summed E-state index contributed by atoms with van der Waals surface area (Å²) in [5.74, 6) is 0.580. The van der Waals surface area contributed by atoms with Crippen LogP contribution in [0.4, 0.5) is 0 Å². The van der Waals surface area contributed by atoms with Crippen molar-refractivity contribution in [2.24, 2.45) is 11.8 Å². The summed E-state index contributed by atoms with van der Waals surface area (Å²) in [5, 5.41) is 0. The maximum atomic E-state index is 11.0. The first kappa shape index (κ1) is 32.2. The minimum Gasteiger partial charge on any atom is -0.455 e. The number of ketones is 1. The Hall–Kier alpha value is -1.99. The van der Waals surface area contributed by atoms with Gasteiger partial charge in [-0.05, 0) is 89.7 Å². The molecule has 7 nitrogen and oxygen atoms in total. The lowest BCUT2D eigenvalue weighted by Crippen LogP contribution is -2.29. The molecule has 0 aromatic rings. The molecule has 6 unspecified atom stereocenters. The van der Waals surface area contributed by atoms with E-state index in [1.54, 1.807) is 6.92 Å². The van der Waals surface area contributed by atoms with Gasteiger partial charge in [-0.15, -0.1) is 0 Å². The Kier molecular flexibility index (Phi) is 15.5. The molecular weight excluding hydrogens is 484 g/mol. The summed E-state index contributed by atoms with van der Waals surface area (Å²) < 4.78 is 21.8. The number of rotatable bonds is 16. The summed E-state index contributed by atoms with van der Waals surface area (Å²) in [7, 11) is 0. The average Bonchev–Trinajstić information content (AvgIpc) is 3.51. The molecule has 0 spiro atoms. The second-order valence-corrected chi connectivity index (χ2v) is 11.1. The van der Waals surface area contributed by atoms with Crippen LogP contribution in [0.2, 0.25) is 0 Å². The van der Waals surface area contributed by atoms with Crippen LogP contribution in [-0.4, -0.2) is 48.9 Å². The fourth-order valence-corrected chi connectivity index (χ4v) is 4.73. The van der Waals surface area contributed by atoms with Crippen molar-refractivity contribution in [1.29, 1.82) is 0 Å². The van der Waals surface area contributed by atoms with Gasteiger partial charge in [0.05, 0.1) is 6.10 Å². The van der Waals surface area contributed by atoms with E-state index in [0.717, 1.165) is 64.4 Å². The molecule has 7 heteroatoms. The molecule has 3 heterocycles. The molecule has 3 aliphatic rings. The molecule has 0 bridgehead atoms. The van der Waals surface area contributed by atoms with Crippen molar-refractivity contribution < 1.29 is 33.3 Å². The van der Waals surface area contributed by atoms with Crippen molar-refractivity contribution in [2.75, 3.05) is 6.61 Å². The van der Waals surface area contributed by atoms with Gasteiger partial charge in [0.1, 0.15) is 18.0 Å². The Bertz CT molecular complexity index is 768. The molecule has 3 aliphatic heterocycles. The molecule has 216 valence electrons. The van der Waals surface area contributed by atoms with Crippen LogP contribution >= 0.6 is 0 Å². The number of Topliss-reactive ketones (excluding diaryl/α,β-unsaturated/α-hetero) is 1. The quantitative estimate of drug-likeness (QED) is 0.162.